The molecule has 3 heterocycles. The maximum atomic E-state index is 13.3. The highest BCUT2D eigenvalue weighted by Crippen LogP contribution is 2.34. The molecule has 2 aromatic carbocycles. The number of carbonyl (C=O) groups is 1. The molecule has 3 atom stereocenters. The second-order valence-electron chi connectivity index (χ2n) is 8.01. The van der Waals surface area contributed by atoms with Gasteiger partial charge < -0.3 is 15.2 Å². The normalized spacial score (nSPS) is 23.8. The van der Waals surface area contributed by atoms with Gasteiger partial charge in [-0.15, -0.1) is 0 Å². The summed E-state index contributed by atoms with van der Waals surface area (Å²) in [7, 11) is 0. The first kappa shape index (κ1) is 19.6. The molecule has 2 aromatic rings. The van der Waals surface area contributed by atoms with Crippen molar-refractivity contribution in [3.05, 3.63) is 83.9 Å². The van der Waals surface area contributed by atoms with Gasteiger partial charge in [0.25, 0.3) is 0 Å². The molecule has 1 fully saturated rings. The first-order chi connectivity index (χ1) is 15.2. The zero-order valence-electron chi connectivity index (χ0n) is 17.0. The lowest BCUT2D eigenvalue weighted by Gasteiger charge is -2.37. The van der Waals surface area contributed by atoms with Crippen LogP contribution >= 0.6 is 0 Å². The summed E-state index contributed by atoms with van der Waals surface area (Å²) in [5, 5.41) is 9.55. The third-order valence-electron chi connectivity index (χ3n) is 6.00. The van der Waals surface area contributed by atoms with E-state index in [1.165, 1.54) is 12.1 Å². The summed E-state index contributed by atoms with van der Waals surface area (Å²) in [6.45, 7) is 0.532. The van der Waals surface area contributed by atoms with E-state index in [0.29, 0.717) is 19.4 Å². The zero-order chi connectivity index (χ0) is 21.2. The monoisotopic (exact) mass is 420 g/mol. The molecule has 5 rings (SSSR count). The van der Waals surface area contributed by atoms with E-state index in [4.69, 9.17) is 0 Å². The molecule has 8 heteroatoms. The van der Waals surface area contributed by atoms with E-state index >= 15 is 0 Å². The van der Waals surface area contributed by atoms with Crippen LogP contribution in [-0.2, 0) is 11.3 Å². The van der Waals surface area contributed by atoms with Gasteiger partial charge in [0, 0.05) is 31.8 Å². The number of benzene rings is 2. The summed E-state index contributed by atoms with van der Waals surface area (Å²) in [6.07, 6.45) is 5.81. The number of nitrogens with one attached hydrogen (secondary N) is 3. The predicted octanol–water partition coefficient (Wildman–Crippen LogP) is 2.57. The fourth-order valence-corrected chi connectivity index (χ4v) is 4.33. The van der Waals surface area contributed by atoms with Crippen LogP contribution in [0.2, 0.25) is 0 Å². The van der Waals surface area contributed by atoms with Crippen molar-refractivity contribution in [2.45, 2.75) is 44.1 Å². The van der Waals surface area contributed by atoms with E-state index in [1.54, 1.807) is 0 Å². The molecule has 0 spiro atoms. The number of hydrogen-bond acceptors (Lipinski definition) is 6. The number of fused-ring (bicyclic) bond motifs is 3. The molecule has 160 valence electrons. The minimum absolute atomic E-state index is 0.00493. The first-order valence-corrected chi connectivity index (χ1v) is 10.6. The molecule has 3 N–H and O–H groups in total. The number of amidine groups is 1. The fourth-order valence-electron chi connectivity index (χ4n) is 4.33. The highest BCUT2D eigenvalue weighted by atomic mass is 19.1. The van der Waals surface area contributed by atoms with Gasteiger partial charge in [0.1, 0.15) is 17.8 Å². The molecule has 3 aliphatic rings. The summed E-state index contributed by atoms with van der Waals surface area (Å²) >= 11 is 0. The van der Waals surface area contributed by atoms with Crippen LogP contribution in [0.15, 0.2) is 72.1 Å². The Bertz CT molecular complexity index is 993. The summed E-state index contributed by atoms with van der Waals surface area (Å²) in [4.78, 5) is 14.4. The van der Waals surface area contributed by atoms with E-state index in [9.17, 15) is 9.18 Å². The van der Waals surface area contributed by atoms with Gasteiger partial charge in [-0.2, -0.15) is 5.10 Å². The van der Waals surface area contributed by atoms with Crippen LogP contribution in [0, 0.1) is 5.82 Å². The maximum Gasteiger partial charge on any atom is 0.220 e. The first-order valence-electron chi connectivity index (χ1n) is 10.6. The van der Waals surface area contributed by atoms with Crippen molar-refractivity contribution in [2.75, 3.05) is 0 Å². The van der Waals surface area contributed by atoms with Crippen molar-refractivity contribution < 1.29 is 9.18 Å². The fraction of sp³-hybridized carbons (Fsp3) is 0.304. The predicted molar refractivity (Wildman–Crippen MR) is 115 cm³/mol. The van der Waals surface area contributed by atoms with Gasteiger partial charge >= 0.3 is 0 Å². The van der Waals surface area contributed by atoms with Crippen LogP contribution in [0.3, 0.4) is 0 Å². The molecular weight excluding hydrogens is 395 g/mol. The van der Waals surface area contributed by atoms with Gasteiger partial charge in [-0.1, -0.05) is 42.5 Å². The van der Waals surface area contributed by atoms with Crippen molar-refractivity contribution in [1.29, 1.82) is 0 Å². The molecule has 7 nitrogen and oxygen atoms in total. The van der Waals surface area contributed by atoms with Crippen LogP contribution in [0.25, 0.3) is 0 Å². The number of carbonyl (C=O) groups excluding carboxylic acids is 1. The molecule has 0 saturated carbocycles. The Labute approximate surface area is 180 Å². The van der Waals surface area contributed by atoms with Crippen LogP contribution in [0.5, 0.6) is 0 Å². The van der Waals surface area contributed by atoms with E-state index in [-0.39, 0.29) is 30.0 Å². The number of halogens is 1. The lowest BCUT2D eigenvalue weighted by molar-refractivity contribution is -0.121. The standard InChI is InChI=1S/C23H25FN6O/c24-18-8-6-17(7-9-18)19-14-20-23-27-26-21(29(23)12-13-30(20)28-19)10-11-22(31)25-15-16-4-2-1-3-5-16/h1-9,12-13,19-20,23,27-28H,10-11,14-15H2,(H,25,31). The number of amides is 1. The Morgan fingerprint density at radius 2 is 1.94 bits per heavy atom. The highest BCUT2D eigenvalue weighted by Gasteiger charge is 2.44. The summed E-state index contributed by atoms with van der Waals surface area (Å²) in [6, 6.07) is 16.8. The van der Waals surface area contributed by atoms with E-state index in [0.717, 1.165) is 23.4 Å². The highest BCUT2D eigenvalue weighted by molar-refractivity contribution is 5.89. The molecule has 3 unspecified atom stereocenters. The van der Waals surface area contributed by atoms with Crippen molar-refractivity contribution >= 4 is 11.7 Å². The average Bonchev–Trinajstić information content (AvgIpc) is 3.41. The van der Waals surface area contributed by atoms with E-state index in [2.05, 4.69) is 31.2 Å². The molecule has 0 aromatic heterocycles. The summed E-state index contributed by atoms with van der Waals surface area (Å²) in [5.74, 6) is 0.645. The molecule has 0 aliphatic carbocycles. The van der Waals surface area contributed by atoms with Crippen molar-refractivity contribution in [1.82, 2.24) is 26.1 Å². The largest absolute Gasteiger partial charge is 0.352 e. The minimum Gasteiger partial charge on any atom is -0.352 e. The van der Waals surface area contributed by atoms with Gasteiger partial charge in [0.15, 0.2) is 0 Å². The second kappa shape index (κ2) is 8.39. The maximum absolute atomic E-state index is 13.3. The Morgan fingerprint density at radius 1 is 1.13 bits per heavy atom. The zero-order valence-corrected chi connectivity index (χ0v) is 17.0. The number of hydrogen-bond donors (Lipinski definition) is 3. The minimum atomic E-state index is -0.228. The quantitative estimate of drug-likeness (QED) is 0.670. The molecule has 31 heavy (non-hydrogen) atoms. The average molecular weight is 420 g/mol. The van der Waals surface area contributed by atoms with Crippen molar-refractivity contribution in [2.24, 2.45) is 5.10 Å². The van der Waals surface area contributed by atoms with Crippen LogP contribution in [0.1, 0.15) is 36.4 Å². The third kappa shape index (κ3) is 4.11. The molecule has 0 bridgehead atoms. The topological polar surface area (TPSA) is 72.0 Å². The second-order valence-corrected chi connectivity index (χ2v) is 8.01. The number of nitrogens with zero attached hydrogens (tertiary/aromatic N) is 3. The van der Waals surface area contributed by atoms with Crippen LogP contribution < -0.4 is 16.2 Å². The number of hydrazone groups is 1. The molecule has 1 saturated heterocycles. The summed E-state index contributed by atoms with van der Waals surface area (Å²) in [5.41, 5.74) is 8.86. The SMILES string of the molecule is O=C(CCC1=NNC2C3CC(c4ccc(F)cc4)NN3C=CN12)NCc1ccccc1. The van der Waals surface area contributed by atoms with Crippen LogP contribution in [-0.4, -0.2) is 33.9 Å². The lowest BCUT2D eigenvalue weighted by Crippen LogP contribution is -2.54. The third-order valence-corrected chi connectivity index (χ3v) is 6.00. The Morgan fingerprint density at radius 3 is 2.74 bits per heavy atom. The van der Waals surface area contributed by atoms with Crippen LogP contribution in [0.4, 0.5) is 4.39 Å². The molecule has 0 radical (unpaired) electrons. The van der Waals surface area contributed by atoms with E-state index in [1.807, 2.05) is 54.9 Å². The number of rotatable bonds is 6. The molecular formula is C23H25FN6O. The van der Waals surface area contributed by atoms with Gasteiger partial charge in [-0.25, -0.2) is 9.82 Å². The van der Waals surface area contributed by atoms with E-state index < -0.39 is 0 Å². The summed E-state index contributed by atoms with van der Waals surface area (Å²) < 4.78 is 13.3. The Balaban J connectivity index is 1.15. The van der Waals surface area contributed by atoms with Crippen molar-refractivity contribution in [3.63, 3.8) is 0 Å². The van der Waals surface area contributed by atoms with Gasteiger partial charge in [-0.05, 0) is 29.7 Å². The van der Waals surface area contributed by atoms with Gasteiger partial charge in [0.05, 0.1) is 12.1 Å². The van der Waals surface area contributed by atoms with Crippen molar-refractivity contribution in [3.8, 4) is 0 Å². The smallest absolute Gasteiger partial charge is 0.220 e. The number of hydrazine groups is 1. The Kier molecular flexibility index (Phi) is 5.30. The lowest BCUT2D eigenvalue weighted by atomic mass is 9.99. The Hall–Kier alpha value is -3.39. The van der Waals surface area contributed by atoms with Gasteiger partial charge in [-0.3, -0.25) is 10.2 Å². The van der Waals surface area contributed by atoms with Gasteiger partial charge in [0.2, 0.25) is 5.91 Å². The molecule has 1 amide bonds. The molecule has 3 aliphatic heterocycles.